The fraction of sp³-hybridized carbons (Fsp3) is 0.238. The van der Waals surface area contributed by atoms with Gasteiger partial charge in [-0.15, -0.1) is 0 Å². The molecule has 27 heavy (non-hydrogen) atoms. The number of para-hydroxylation sites is 1. The van der Waals surface area contributed by atoms with E-state index in [0.717, 1.165) is 11.8 Å². The maximum Gasteiger partial charge on any atom is 0.257 e. The SMILES string of the molecule is CC(C)CCNC(=O)c1cncc(C(=O)Nc2cccc3cccnc23)c1. The minimum absolute atomic E-state index is 0.232. The smallest absolute Gasteiger partial charge is 0.257 e. The number of carbonyl (C=O) groups is 2. The Labute approximate surface area is 158 Å². The molecule has 6 heteroatoms. The van der Waals surface area contributed by atoms with Crippen LogP contribution in [0.5, 0.6) is 0 Å². The highest BCUT2D eigenvalue weighted by Gasteiger charge is 2.13. The predicted molar refractivity (Wildman–Crippen MR) is 106 cm³/mol. The molecule has 0 radical (unpaired) electrons. The standard InChI is InChI=1S/C21H22N4O2/c1-14(2)8-10-24-20(26)16-11-17(13-22-12-16)21(27)25-18-7-3-5-15-6-4-9-23-19(15)18/h3-7,9,11-14H,8,10H2,1-2H3,(H,24,26)(H,25,27). The van der Waals surface area contributed by atoms with E-state index in [0.29, 0.717) is 34.8 Å². The van der Waals surface area contributed by atoms with Crippen LogP contribution in [-0.4, -0.2) is 28.3 Å². The topological polar surface area (TPSA) is 84.0 Å². The molecule has 0 atom stereocenters. The number of pyridine rings is 2. The van der Waals surface area contributed by atoms with Crippen molar-refractivity contribution in [2.24, 2.45) is 5.92 Å². The molecule has 0 fully saturated rings. The lowest BCUT2D eigenvalue weighted by atomic mass is 10.1. The molecule has 0 unspecified atom stereocenters. The van der Waals surface area contributed by atoms with Crippen molar-refractivity contribution in [2.45, 2.75) is 20.3 Å². The molecule has 0 aliphatic carbocycles. The van der Waals surface area contributed by atoms with E-state index in [1.165, 1.54) is 12.4 Å². The van der Waals surface area contributed by atoms with Crippen LogP contribution in [0, 0.1) is 5.92 Å². The molecule has 1 aromatic carbocycles. The summed E-state index contributed by atoms with van der Waals surface area (Å²) in [6, 6.07) is 10.9. The van der Waals surface area contributed by atoms with E-state index in [2.05, 4.69) is 34.4 Å². The Balaban J connectivity index is 1.74. The van der Waals surface area contributed by atoms with Crippen LogP contribution >= 0.6 is 0 Å². The van der Waals surface area contributed by atoms with Gasteiger partial charge in [-0.3, -0.25) is 19.6 Å². The lowest BCUT2D eigenvalue weighted by Crippen LogP contribution is -2.26. The molecule has 138 valence electrons. The van der Waals surface area contributed by atoms with Crippen LogP contribution < -0.4 is 10.6 Å². The minimum atomic E-state index is -0.336. The minimum Gasteiger partial charge on any atom is -0.352 e. The molecule has 0 spiro atoms. The van der Waals surface area contributed by atoms with Gasteiger partial charge in [-0.2, -0.15) is 0 Å². The molecule has 6 nitrogen and oxygen atoms in total. The first-order chi connectivity index (χ1) is 13.0. The Hall–Kier alpha value is -3.28. The van der Waals surface area contributed by atoms with Crippen molar-refractivity contribution in [1.29, 1.82) is 0 Å². The normalized spacial score (nSPS) is 10.8. The fourth-order valence-electron chi connectivity index (χ4n) is 2.66. The van der Waals surface area contributed by atoms with Gasteiger partial charge in [0.15, 0.2) is 0 Å². The Kier molecular flexibility index (Phi) is 5.76. The molecule has 3 rings (SSSR count). The second kappa shape index (κ2) is 8.40. The average molecular weight is 362 g/mol. The Morgan fingerprint density at radius 3 is 2.56 bits per heavy atom. The summed E-state index contributed by atoms with van der Waals surface area (Å²) in [4.78, 5) is 33.2. The lowest BCUT2D eigenvalue weighted by molar-refractivity contribution is 0.0951. The second-order valence-corrected chi connectivity index (χ2v) is 6.74. The first kappa shape index (κ1) is 18.5. The van der Waals surface area contributed by atoms with Crippen molar-refractivity contribution in [3.05, 3.63) is 66.1 Å². The highest BCUT2D eigenvalue weighted by molar-refractivity contribution is 6.09. The third kappa shape index (κ3) is 4.67. The zero-order valence-corrected chi connectivity index (χ0v) is 15.4. The van der Waals surface area contributed by atoms with E-state index in [-0.39, 0.29) is 11.8 Å². The van der Waals surface area contributed by atoms with Gasteiger partial charge in [-0.25, -0.2) is 0 Å². The van der Waals surface area contributed by atoms with Crippen LogP contribution in [0.3, 0.4) is 0 Å². The molecule has 3 aromatic rings. The Morgan fingerprint density at radius 2 is 1.78 bits per heavy atom. The molecule has 0 saturated carbocycles. The number of hydrogen-bond donors (Lipinski definition) is 2. The van der Waals surface area contributed by atoms with Crippen LogP contribution in [0.1, 0.15) is 41.0 Å². The number of rotatable bonds is 6. The summed E-state index contributed by atoms with van der Waals surface area (Å²) in [7, 11) is 0. The highest BCUT2D eigenvalue weighted by atomic mass is 16.2. The molecule has 0 aliphatic heterocycles. The van der Waals surface area contributed by atoms with Crippen molar-refractivity contribution in [2.75, 3.05) is 11.9 Å². The summed E-state index contributed by atoms with van der Waals surface area (Å²) < 4.78 is 0. The summed E-state index contributed by atoms with van der Waals surface area (Å²) in [5, 5.41) is 6.64. The van der Waals surface area contributed by atoms with Crippen LogP contribution in [0.2, 0.25) is 0 Å². The van der Waals surface area contributed by atoms with Gasteiger partial charge in [-0.05, 0) is 30.5 Å². The zero-order chi connectivity index (χ0) is 19.2. The number of amides is 2. The molecular formula is C21H22N4O2. The van der Waals surface area contributed by atoms with Gasteiger partial charge in [0, 0.05) is 30.5 Å². The number of hydrogen-bond acceptors (Lipinski definition) is 4. The number of nitrogens with one attached hydrogen (secondary N) is 2. The molecular weight excluding hydrogens is 340 g/mol. The van der Waals surface area contributed by atoms with Crippen LogP contribution in [0.25, 0.3) is 10.9 Å². The predicted octanol–water partition coefficient (Wildman–Crippen LogP) is 3.66. The van der Waals surface area contributed by atoms with Crippen molar-refractivity contribution in [3.63, 3.8) is 0 Å². The molecule has 2 N–H and O–H groups in total. The monoisotopic (exact) mass is 362 g/mol. The molecule has 0 aliphatic rings. The van der Waals surface area contributed by atoms with E-state index >= 15 is 0 Å². The fourth-order valence-corrected chi connectivity index (χ4v) is 2.66. The van der Waals surface area contributed by atoms with Crippen molar-refractivity contribution >= 4 is 28.4 Å². The van der Waals surface area contributed by atoms with E-state index in [4.69, 9.17) is 0 Å². The molecule has 2 heterocycles. The van der Waals surface area contributed by atoms with Gasteiger partial charge in [0.2, 0.25) is 0 Å². The first-order valence-corrected chi connectivity index (χ1v) is 8.93. The van der Waals surface area contributed by atoms with Crippen LogP contribution in [0.4, 0.5) is 5.69 Å². The lowest BCUT2D eigenvalue weighted by Gasteiger charge is -2.09. The molecule has 2 aromatic heterocycles. The average Bonchev–Trinajstić information content (AvgIpc) is 2.68. The number of fused-ring (bicyclic) bond motifs is 1. The number of anilines is 1. The van der Waals surface area contributed by atoms with E-state index < -0.39 is 0 Å². The van der Waals surface area contributed by atoms with Gasteiger partial charge in [0.05, 0.1) is 22.3 Å². The number of benzene rings is 1. The van der Waals surface area contributed by atoms with Crippen molar-refractivity contribution in [3.8, 4) is 0 Å². The van der Waals surface area contributed by atoms with Crippen molar-refractivity contribution in [1.82, 2.24) is 15.3 Å². The number of aromatic nitrogens is 2. The summed E-state index contributed by atoms with van der Waals surface area (Å²) in [5.74, 6) is -0.0584. The van der Waals surface area contributed by atoms with Gasteiger partial charge >= 0.3 is 0 Å². The Bertz CT molecular complexity index is 964. The molecule has 0 saturated heterocycles. The van der Waals surface area contributed by atoms with Gasteiger partial charge < -0.3 is 10.6 Å². The third-order valence-electron chi connectivity index (χ3n) is 4.15. The maximum atomic E-state index is 12.6. The van der Waals surface area contributed by atoms with Crippen LogP contribution in [-0.2, 0) is 0 Å². The van der Waals surface area contributed by atoms with E-state index in [1.54, 1.807) is 18.3 Å². The van der Waals surface area contributed by atoms with Crippen molar-refractivity contribution < 1.29 is 9.59 Å². The third-order valence-corrected chi connectivity index (χ3v) is 4.15. The summed E-state index contributed by atoms with van der Waals surface area (Å²) in [5.41, 5.74) is 2.01. The van der Waals surface area contributed by atoms with Gasteiger partial charge in [0.25, 0.3) is 11.8 Å². The van der Waals surface area contributed by atoms with Crippen LogP contribution in [0.15, 0.2) is 55.0 Å². The first-order valence-electron chi connectivity index (χ1n) is 8.93. The largest absolute Gasteiger partial charge is 0.352 e. The number of carbonyl (C=O) groups excluding carboxylic acids is 2. The second-order valence-electron chi connectivity index (χ2n) is 6.74. The summed E-state index contributed by atoms with van der Waals surface area (Å²) in [6.07, 6.45) is 5.48. The van der Waals surface area contributed by atoms with E-state index in [9.17, 15) is 9.59 Å². The van der Waals surface area contributed by atoms with Gasteiger partial charge in [-0.1, -0.05) is 32.0 Å². The molecule has 2 amide bonds. The maximum absolute atomic E-state index is 12.6. The quantitative estimate of drug-likeness (QED) is 0.701. The number of nitrogens with zero attached hydrogens (tertiary/aromatic N) is 2. The zero-order valence-electron chi connectivity index (χ0n) is 15.4. The van der Waals surface area contributed by atoms with Gasteiger partial charge in [0.1, 0.15) is 0 Å². The summed E-state index contributed by atoms with van der Waals surface area (Å²) in [6.45, 7) is 4.79. The summed E-state index contributed by atoms with van der Waals surface area (Å²) >= 11 is 0. The Morgan fingerprint density at radius 1 is 1.04 bits per heavy atom. The highest BCUT2D eigenvalue weighted by Crippen LogP contribution is 2.21. The molecule has 0 bridgehead atoms. The van der Waals surface area contributed by atoms with E-state index in [1.807, 2.05) is 24.3 Å².